The number of hydrogen-bond donors (Lipinski definition) is 4. The molecule has 0 fully saturated rings. The topological polar surface area (TPSA) is 121 Å². The van der Waals surface area contributed by atoms with Crippen molar-refractivity contribution in [3.63, 3.8) is 0 Å². The van der Waals surface area contributed by atoms with Crippen molar-refractivity contribution in [3.05, 3.63) is 99.3 Å². The average molecular weight is 585 g/mol. The second kappa shape index (κ2) is 13.0. The molecule has 10 heteroatoms. The molecule has 0 aliphatic rings. The Kier molecular flexibility index (Phi) is 9.40. The van der Waals surface area contributed by atoms with Gasteiger partial charge in [0.2, 0.25) is 0 Å². The zero-order chi connectivity index (χ0) is 31.3. The van der Waals surface area contributed by atoms with E-state index in [0.29, 0.717) is 41.7 Å². The summed E-state index contributed by atoms with van der Waals surface area (Å²) in [7, 11) is 3.51. The number of carbonyl (C=O) groups excluding carboxylic acids is 1. The van der Waals surface area contributed by atoms with Crippen molar-refractivity contribution in [2.45, 2.75) is 33.1 Å². The fourth-order valence-electron chi connectivity index (χ4n) is 4.58. The minimum Gasteiger partial charge on any atom is -0.491 e. The van der Waals surface area contributed by atoms with Crippen LogP contribution in [-0.4, -0.2) is 41.9 Å². The Morgan fingerprint density at radius 2 is 1.91 bits per heavy atom. The summed E-state index contributed by atoms with van der Waals surface area (Å²) in [6.07, 6.45) is 4.30. The maximum atomic E-state index is 15.2. The highest BCUT2D eigenvalue weighted by Gasteiger charge is 2.23. The van der Waals surface area contributed by atoms with Crippen LogP contribution in [0.15, 0.2) is 65.7 Å². The van der Waals surface area contributed by atoms with E-state index in [1.54, 1.807) is 55.8 Å². The van der Waals surface area contributed by atoms with E-state index in [9.17, 15) is 9.59 Å². The molecule has 9 nitrogen and oxygen atoms in total. The van der Waals surface area contributed by atoms with Gasteiger partial charge in [0, 0.05) is 42.8 Å². The first-order chi connectivity index (χ1) is 20.4. The highest BCUT2D eigenvalue weighted by Crippen LogP contribution is 2.31. The molecule has 4 rings (SSSR count). The predicted octanol–water partition coefficient (Wildman–Crippen LogP) is 5.78. The number of anilines is 3. The Hall–Kier alpha value is -4.83. The molecule has 0 saturated carbocycles. The standard InChI is InChI=1S/C33H37FN6O3/c1-20-25(8-7-9-27(20)39-31(41)30-21(17-35)14-23(16-26(30)34)33(2,3)4)22-15-28(32(42)40(6)19-22)38-29-11-10-24(18-37-29)43-13-12-36-5/h7-11,14-19,35-36H,12-13H2,1-6H3,(H,37,38)(H,39,41). The van der Waals surface area contributed by atoms with Crippen LogP contribution in [0.4, 0.5) is 21.6 Å². The van der Waals surface area contributed by atoms with Gasteiger partial charge in [-0.3, -0.25) is 9.59 Å². The van der Waals surface area contributed by atoms with Crippen LogP contribution in [0.25, 0.3) is 11.1 Å². The quantitative estimate of drug-likeness (QED) is 0.138. The van der Waals surface area contributed by atoms with E-state index in [1.165, 1.54) is 10.6 Å². The summed E-state index contributed by atoms with van der Waals surface area (Å²) in [6, 6.07) is 13.7. The van der Waals surface area contributed by atoms with Gasteiger partial charge in [0.1, 0.15) is 29.7 Å². The molecule has 2 heterocycles. The Labute approximate surface area is 250 Å². The van der Waals surface area contributed by atoms with Gasteiger partial charge in [-0.05, 0) is 72.5 Å². The van der Waals surface area contributed by atoms with Gasteiger partial charge in [-0.25, -0.2) is 9.37 Å². The molecule has 0 saturated heterocycles. The summed E-state index contributed by atoms with van der Waals surface area (Å²) < 4.78 is 22.3. The van der Waals surface area contributed by atoms with Crippen molar-refractivity contribution in [2.24, 2.45) is 7.05 Å². The Morgan fingerprint density at radius 1 is 1.14 bits per heavy atom. The van der Waals surface area contributed by atoms with Gasteiger partial charge in [-0.2, -0.15) is 0 Å². The first-order valence-corrected chi connectivity index (χ1v) is 13.9. The number of aryl methyl sites for hydroxylation is 1. The predicted molar refractivity (Wildman–Crippen MR) is 170 cm³/mol. The number of likely N-dealkylation sites (N-methyl/N-ethyl adjacent to an activating group) is 1. The van der Waals surface area contributed by atoms with Gasteiger partial charge < -0.3 is 30.7 Å². The average Bonchev–Trinajstić information content (AvgIpc) is 2.96. The fraction of sp³-hybridized carbons (Fsp3) is 0.273. The maximum Gasteiger partial charge on any atom is 0.274 e. The highest BCUT2D eigenvalue weighted by molar-refractivity contribution is 6.10. The second-order valence-corrected chi connectivity index (χ2v) is 11.3. The van der Waals surface area contributed by atoms with Crippen LogP contribution in [0.2, 0.25) is 0 Å². The maximum absolute atomic E-state index is 15.2. The van der Waals surface area contributed by atoms with Crippen molar-refractivity contribution in [3.8, 4) is 16.9 Å². The monoisotopic (exact) mass is 584 g/mol. The van der Waals surface area contributed by atoms with Gasteiger partial charge in [0.15, 0.2) is 0 Å². The molecule has 4 N–H and O–H groups in total. The zero-order valence-electron chi connectivity index (χ0n) is 25.3. The van der Waals surface area contributed by atoms with Crippen molar-refractivity contribution < 1.29 is 13.9 Å². The molecule has 0 radical (unpaired) electrons. The third-order valence-corrected chi connectivity index (χ3v) is 7.07. The Balaban J connectivity index is 1.62. The second-order valence-electron chi connectivity index (χ2n) is 11.3. The zero-order valence-corrected chi connectivity index (χ0v) is 25.3. The minimum absolute atomic E-state index is 0.188. The number of amides is 1. The van der Waals surface area contributed by atoms with E-state index >= 15 is 4.39 Å². The summed E-state index contributed by atoms with van der Waals surface area (Å²) in [5.41, 5.74) is 3.16. The van der Waals surface area contributed by atoms with Crippen LogP contribution in [-0.2, 0) is 12.5 Å². The number of carbonyl (C=O) groups is 1. The third-order valence-electron chi connectivity index (χ3n) is 7.07. The van der Waals surface area contributed by atoms with Crippen molar-refractivity contribution in [1.82, 2.24) is 14.9 Å². The first-order valence-electron chi connectivity index (χ1n) is 13.9. The lowest BCUT2D eigenvalue weighted by molar-refractivity contribution is 0.102. The molecular weight excluding hydrogens is 547 g/mol. The summed E-state index contributed by atoms with van der Waals surface area (Å²) in [5.74, 6) is -0.231. The van der Waals surface area contributed by atoms with Crippen LogP contribution in [0.1, 0.15) is 47.8 Å². The molecule has 2 aromatic heterocycles. The largest absolute Gasteiger partial charge is 0.491 e. The number of aromatic nitrogens is 2. The van der Waals surface area contributed by atoms with Crippen molar-refractivity contribution >= 4 is 29.3 Å². The molecule has 4 aromatic rings. The summed E-state index contributed by atoms with van der Waals surface area (Å²) in [5, 5.41) is 16.7. The summed E-state index contributed by atoms with van der Waals surface area (Å²) in [4.78, 5) is 30.6. The smallest absolute Gasteiger partial charge is 0.274 e. The molecule has 224 valence electrons. The van der Waals surface area contributed by atoms with Gasteiger partial charge in [-0.1, -0.05) is 32.9 Å². The molecule has 0 aliphatic heterocycles. The van der Waals surface area contributed by atoms with Gasteiger partial charge in [0.25, 0.3) is 11.5 Å². The molecule has 1 amide bonds. The molecule has 2 aromatic carbocycles. The molecule has 0 bridgehead atoms. The molecule has 0 spiro atoms. The van der Waals surface area contributed by atoms with Gasteiger partial charge in [0.05, 0.1) is 11.8 Å². The summed E-state index contributed by atoms with van der Waals surface area (Å²) >= 11 is 0. The lowest BCUT2D eigenvalue weighted by atomic mass is 9.85. The number of rotatable bonds is 10. The number of nitrogens with zero attached hydrogens (tertiary/aromatic N) is 2. The van der Waals surface area contributed by atoms with Crippen molar-refractivity contribution in [1.29, 1.82) is 5.41 Å². The number of pyridine rings is 2. The van der Waals surface area contributed by atoms with E-state index < -0.39 is 11.7 Å². The molecule has 0 atom stereocenters. The minimum atomic E-state index is -0.683. The molecule has 43 heavy (non-hydrogen) atoms. The molecule has 0 aliphatic carbocycles. The van der Waals surface area contributed by atoms with E-state index in [1.807, 2.05) is 40.8 Å². The number of ether oxygens (including phenoxy) is 1. The lowest BCUT2D eigenvalue weighted by Crippen LogP contribution is -2.20. The van der Waals surface area contributed by atoms with E-state index in [2.05, 4.69) is 20.9 Å². The number of benzene rings is 2. The van der Waals surface area contributed by atoms with Crippen LogP contribution in [0.5, 0.6) is 5.75 Å². The van der Waals surface area contributed by atoms with Crippen molar-refractivity contribution in [2.75, 3.05) is 30.8 Å². The van der Waals surface area contributed by atoms with Crippen LogP contribution in [0, 0.1) is 18.2 Å². The lowest BCUT2D eigenvalue weighted by Gasteiger charge is -2.21. The van der Waals surface area contributed by atoms with E-state index in [0.717, 1.165) is 22.9 Å². The number of halogens is 1. The SMILES string of the molecule is CNCCOc1ccc(Nc2cc(-c3cccc(NC(=O)c4c(F)cc(C(C)(C)C)cc4C=N)c3C)cn(C)c2=O)nc1. The van der Waals surface area contributed by atoms with Crippen LogP contribution in [0.3, 0.4) is 0 Å². The van der Waals surface area contributed by atoms with E-state index in [-0.39, 0.29) is 22.1 Å². The highest BCUT2D eigenvalue weighted by atomic mass is 19.1. The summed E-state index contributed by atoms with van der Waals surface area (Å²) in [6.45, 7) is 8.89. The Morgan fingerprint density at radius 3 is 2.56 bits per heavy atom. The number of hydrogen-bond acceptors (Lipinski definition) is 7. The van der Waals surface area contributed by atoms with Gasteiger partial charge in [-0.15, -0.1) is 0 Å². The van der Waals surface area contributed by atoms with Crippen LogP contribution < -0.4 is 26.2 Å². The Bertz CT molecular complexity index is 1710. The third kappa shape index (κ3) is 7.15. The fourth-order valence-corrected chi connectivity index (χ4v) is 4.58. The first kappa shape index (κ1) is 31.1. The van der Waals surface area contributed by atoms with Crippen LogP contribution >= 0.6 is 0 Å². The molecular formula is C33H37FN6O3. The van der Waals surface area contributed by atoms with E-state index in [4.69, 9.17) is 10.1 Å². The molecule has 0 unspecified atom stereocenters. The van der Waals surface area contributed by atoms with Gasteiger partial charge >= 0.3 is 0 Å². The number of nitrogens with one attached hydrogen (secondary N) is 4. The normalized spacial score (nSPS) is 11.2.